The van der Waals surface area contributed by atoms with Gasteiger partial charge in [0.2, 0.25) is 0 Å². The second-order valence-electron chi connectivity index (χ2n) is 9.16. The van der Waals surface area contributed by atoms with Crippen LogP contribution in [0.4, 0.5) is 30.7 Å². The van der Waals surface area contributed by atoms with Crippen LogP contribution in [0.2, 0.25) is 0 Å². The number of benzene rings is 2. The zero-order chi connectivity index (χ0) is 28.1. The maximum absolute atomic E-state index is 14.1. The van der Waals surface area contributed by atoms with E-state index in [2.05, 4.69) is 10.1 Å². The number of halogens is 7. The average molecular weight is 551 g/mol. The normalized spacial score (nSPS) is 14.8. The van der Waals surface area contributed by atoms with Crippen molar-refractivity contribution in [3.8, 4) is 11.3 Å². The molecule has 0 spiro atoms. The molecule has 0 atom stereocenters. The highest BCUT2D eigenvalue weighted by Crippen LogP contribution is 2.36. The van der Waals surface area contributed by atoms with E-state index < -0.39 is 41.0 Å². The Morgan fingerprint density at radius 2 is 1.62 bits per heavy atom. The average Bonchev–Trinajstić information content (AvgIpc) is 3.29. The Morgan fingerprint density at radius 3 is 2.26 bits per heavy atom. The number of alkyl halides is 3. The Kier molecular flexibility index (Phi) is 6.79. The second-order valence-corrected chi connectivity index (χ2v) is 9.16. The van der Waals surface area contributed by atoms with E-state index in [1.54, 1.807) is 4.90 Å². The summed E-state index contributed by atoms with van der Waals surface area (Å²) in [5.74, 6) is -4.54. The standard InChI is InChI=1S/C26H20F7N5O/c1-14-22(15-2-4-17(27)5-3-15)35-24-19(12-34-38(24)23(14)26(31,32)33)25(39)37-8-6-36(7-9-37)13-16-10-18(28)11-20(29)21(16)30/h2-5,10-12H,6-9,13H2,1H3. The first kappa shape index (κ1) is 26.6. The topological polar surface area (TPSA) is 53.7 Å². The van der Waals surface area contributed by atoms with E-state index in [0.29, 0.717) is 10.6 Å². The van der Waals surface area contributed by atoms with Gasteiger partial charge in [0.25, 0.3) is 5.91 Å². The zero-order valence-electron chi connectivity index (χ0n) is 20.4. The molecule has 4 aromatic rings. The van der Waals surface area contributed by atoms with E-state index in [-0.39, 0.29) is 66.3 Å². The zero-order valence-corrected chi connectivity index (χ0v) is 20.4. The number of amides is 1. The Morgan fingerprint density at radius 1 is 0.949 bits per heavy atom. The highest BCUT2D eigenvalue weighted by Gasteiger charge is 2.39. The Bertz CT molecular complexity index is 1560. The van der Waals surface area contributed by atoms with E-state index in [9.17, 15) is 35.5 Å². The molecule has 1 amide bonds. The molecule has 0 radical (unpaired) electrons. The minimum absolute atomic E-state index is 0.0708. The largest absolute Gasteiger partial charge is 0.433 e. The Balaban J connectivity index is 1.43. The number of fused-ring (bicyclic) bond motifs is 1. The predicted octanol–water partition coefficient (Wildman–Crippen LogP) is 5.24. The summed E-state index contributed by atoms with van der Waals surface area (Å²) in [5.41, 5.74) is -1.82. The number of carbonyl (C=O) groups is 1. The van der Waals surface area contributed by atoms with Gasteiger partial charge >= 0.3 is 6.18 Å². The van der Waals surface area contributed by atoms with Crippen molar-refractivity contribution >= 4 is 11.6 Å². The maximum Gasteiger partial charge on any atom is 0.433 e. The summed E-state index contributed by atoms with van der Waals surface area (Å²) in [6, 6.07) is 6.14. The number of hydrogen-bond acceptors (Lipinski definition) is 4. The molecular formula is C26H20F7N5O. The maximum atomic E-state index is 14.1. The molecular weight excluding hydrogens is 531 g/mol. The van der Waals surface area contributed by atoms with E-state index in [4.69, 9.17) is 0 Å². The first-order valence-corrected chi connectivity index (χ1v) is 11.8. The molecule has 0 unspecified atom stereocenters. The summed E-state index contributed by atoms with van der Waals surface area (Å²) in [6.07, 6.45) is -3.81. The number of piperazine rings is 1. The summed E-state index contributed by atoms with van der Waals surface area (Å²) in [4.78, 5) is 20.8. The van der Waals surface area contributed by atoms with Gasteiger partial charge in [0.05, 0.1) is 11.9 Å². The molecule has 6 nitrogen and oxygen atoms in total. The number of rotatable bonds is 4. The van der Waals surface area contributed by atoms with Gasteiger partial charge < -0.3 is 4.90 Å². The lowest BCUT2D eigenvalue weighted by Gasteiger charge is -2.34. The van der Waals surface area contributed by atoms with Crippen molar-refractivity contribution in [2.24, 2.45) is 0 Å². The second kappa shape index (κ2) is 9.95. The quantitative estimate of drug-likeness (QED) is 0.257. The first-order chi connectivity index (χ1) is 18.4. The monoisotopic (exact) mass is 551 g/mol. The van der Waals surface area contributed by atoms with Gasteiger partial charge in [-0.3, -0.25) is 9.69 Å². The van der Waals surface area contributed by atoms with Crippen molar-refractivity contribution in [2.45, 2.75) is 19.6 Å². The minimum Gasteiger partial charge on any atom is -0.336 e. The molecule has 0 bridgehead atoms. The lowest BCUT2D eigenvalue weighted by atomic mass is 10.0. The van der Waals surface area contributed by atoms with Crippen LogP contribution in [-0.2, 0) is 12.7 Å². The Labute approximate surface area is 217 Å². The number of aromatic nitrogens is 3. The highest BCUT2D eigenvalue weighted by molar-refractivity contribution is 6.00. The van der Waals surface area contributed by atoms with Crippen LogP contribution >= 0.6 is 0 Å². The molecule has 5 rings (SSSR count). The Hall–Kier alpha value is -4.00. The van der Waals surface area contributed by atoms with Crippen LogP contribution in [-0.4, -0.2) is 56.5 Å². The van der Waals surface area contributed by atoms with Gasteiger partial charge in [0, 0.05) is 55.5 Å². The van der Waals surface area contributed by atoms with Crippen molar-refractivity contribution < 1.29 is 35.5 Å². The molecule has 39 heavy (non-hydrogen) atoms. The van der Waals surface area contributed by atoms with Crippen LogP contribution in [0.15, 0.2) is 42.6 Å². The van der Waals surface area contributed by atoms with Crippen LogP contribution in [0.5, 0.6) is 0 Å². The molecule has 0 saturated carbocycles. The molecule has 1 saturated heterocycles. The van der Waals surface area contributed by atoms with E-state index in [1.807, 2.05) is 0 Å². The fraction of sp³-hybridized carbons (Fsp3) is 0.269. The van der Waals surface area contributed by atoms with Gasteiger partial charge in [-0.2, -0.15) is 18.3 Å². The van der Waals surface area contributed by atoms with Crippen molar-refractivity contribution in [2.75, 3.05) is 26.2 Å². The molecule has 1 fully saturated rings. The van der Waals surface area contributed by atoms with Crippen LogP contribution in [0, 0.1) is 30.2 Å². The number of carbonyl (C=O) groups excluding carboxylic acids is 1. The SMILES string of the molecule is Cc1c(-c2ccc(F)cc2)nc2c(C(=O)N3CCN(Cc4cc(F)cc(F)c4F)CC3)cnn2c1C(F)(F)F. The number of nitrogens with zero attached hydrogens (tertiary/aromatic N) is 5. The molecule has 2 aromatic heterocycles. The molecule has 3 heterocycles. The van der Waals surface area contributed by atoms with Gasteiger partial charge in [-0.1, -0.05) is 0 Å². The smallest absolute Gasteiger partial charge is 0.336 e. The third-order valence-electron chi connectivity index (χ3n) is 6.62. The molecule has 1 aliphatic heterocycles. The minimum atomic E-state index is -4.83. The molecule has 1 aliphatic rings. The molecule has 0 N–H and O–H groups in total. The number of hydrogen-bond donors (Lipinski definition) is 0. The van der Waals surface area contributed by atoms with Crippen molar-refractivity contribution in [3.63, 3.8) is 0 Å². The fourth-order valence-electron chi connectivity index (χ4n) is 4.69. The van der Waals surface area contributed by atoms with Gasteiger partial charge in [0.1, 0.15) is 17.2 Å². The highest BCUT2D eigenvalue weighted by atomic mass is 19.4. The molecule has 2 aromatic carbocycles. The summed E-state index contributed by atoms with van der Waals surface area (Å²) in [7, 11) is 0. The predicted molar refractivity (Wildman–Crippen MR) is 126 cm³/mol. The van der Waals surface area contributed by atoms with Crippen molar-refractivity contribution in [1.29, 1.82) is 0 Å². The van der Waals surface area contributed by atoms with Gasteiger partial charge in [-0.25, -0.2) is 27.1 Å². The third-order valence-corrected chi connectivity index (χ3v) is 6.62. The molecule has 13 heteroatoms. The lowest BCUT2D eigenvalue weighted by Crippen LogP contribution is -2.48. The van der Waals surface area contributed by atoms with Crippen molar-refractivity contribution in [3.05, 3.63) is 88.2 Å². The molecule has 204 valence electrons. The van der Waals surface area contributed by atoms with Gasteiger partial charge in [0.15, 0.2) is 23.0 Å². The summed E-state index contributed by atoms with van der Waals surface area (Å²) in [5, 5.41) is 3.81. The van der Waals surface area contributed by atoms with Crippen LogP contribution in [0.3, 0.4) is 0 Å². The summed E-state index contributed by atoms with van der Waals surface area (Å²) >= 11 is 0. The van der Waals surface area contributed by atoms with Crippen LogP contribution in [0.1, 0.15) is 27.2 Å². The molecule has 0 aliphatic carbocycles. The summed E-state index contributed by atoms with van der Waals surface area (Å²) < 4.78 is 97.4. The van der Waals surface area contributed by atoms with Gasteiger partial charge in [-0.15, -0.1) is 0 Å². The third kappa shape index (κ3) is 5.05. The fourth-order valence-corrected chi connectivity index (χ4v) is 4.69. The van der Waals surface area contributed by atoms with Gasteiger partial charge in [-0.05, 0) is 37.3 Å². The van der Waals surface area contributed by atoms with E-state index in [1.165, 1.54) is 24.0 Å². The van der Waals surface area contributed by atoms with E-state index >= 15 is 0 Å². The first-order valence-electron chi connectivity index (χ1n) is 11.8. The van der Waals surface area contributed by atoms with Crippen LogP contribution < -0.4 is 0 Å². The van der Waals surface area contributed by atoms with E-state index in [0.717, 1.165) is 24.4 Å². The lowest BCUT2D eigenvalue weighted by molar-refractivity contribution is -0.143. The summed E-state index contributed by atoms with van der Waals surface area (Å²) in [6.45, 7) is 1.84. The van der Waals surface area contributed by atoms with Crippen LogP contribution in [0.25, 0.3) is 16.9 Å². The van der Waals surface area contributed by atoms with Crippen molar-refractivity contribution in [1.82, 2.24) is 24.4 Å².